The second-order valence-electron chi connectivity index (χ2n) is 4.49. The molecule has 3 N–H and O–H groups in total. The quantitative estimate of drug-likeness (QED) is 0.617. The molecule has 2 saturated heterocycles. The van der Waals surface area contributed by atoms with Gasteiger partial charge in [-0.1, -0.05) is 0 Å². The maximum atomic E-state index is 11.0. The van der Waals surface area contributed by atoms with Crippen molar-refractivity contribution >= 4 is 17.7 Å². The largest absolute Gasteiger partial charge is 0.480 e. The highest BCUT2D eigenvalue weighted by atomic mass is 32.2. The Bertz CT molecular complexity index is 252. The molecule has 2 aliphatic rings. The van der Waals surface area contributed by atoms with Crippen LogP contribution in [0.2, 0.25) is 0 Å². The van der Waals surface area contributed by atoms with Crippen molar-refractivity contribution in [1.82, 2.24) is 10.6 Å². The van der Waals surface area contributed by atoms with Gasteiger partial charge in [-0.25, -0.2) is 0 Å². The molecule has 3 atom stereocenters. The van der Waals surface area contributed by atoms with Crippen LogP contribution < -0.4 is 10.6 Å². The number of carbonyl (C=O) groups is 1. The van der Waals surface area contributed by atoms with E-state index in [1.807, 2.05) is 11.8 Å². The highest BCUT2D eigenvalue weighted by molar-refractivity contribution is 8.00. The van der Waals surface area contributed by atoms with Gasteiger partial charge in [0.15, 0.2) is 0 Å². The number of rotatable bonds is 1. The van der Waals surface area contributed by atoms with E-state index < -0.39 is 5.97 Å². The number of carboxylic acid groups (broad SMARTS) is 1. The summed E-state index contributed by atoms with van der Waals surface area (Å²) in [5.74, 6) is 0.230. The molecular weight excluding hydrogens is 212 g/mol. The number of aliphatic carboxylic acids is 1. The lowest BCUT2D eigenvalue weighted by Gasteiger charge is -2.44. The lowest BCUT2D eigenvalue weighted by atomic mass is 9.99. The number of hydrogen-bond acceptors (Lipinski definition) is 4. The molecule has 0 amide bonds. The Morgan fingerprint density at radius 3 is 2.93 bits per heavy atom. The third-order valence-corrected chi connectivity index (χ3v) is 4.70. The van der Waals surface area contributed by atoms with E-state index in [-0.39, 0.29) is 10.9 Å². The molecule has 5 heteroatoms. The van der Waals surface area contributed by atoms with Crippen LogP contribution in [0.1, 0.15) is 26.2 Å². The first-order valence-electron chi connectivity index (χ1n) is 5.49. The number of thioether (sulfide) groups is 1. The zero-order chi connectivity index (χ0) is 10.9. The average Bonchev–Trinajstić information content (AvgIpc) is 2.23. The Morgan fingerprint density at radius 2 is 2.33 bits per heavy atom. The minimum Gasteiger partial charge on any atom is -0.480 e. The van der Waals surface area contributed by atoms with Gasteiger partial charge < -0.3 is 10.4 Å². The van der Waals surface area contributed by atoms with Crippen LogP contribution in [0, 0.1) is 0 Å². The van der Waals surface area contributed by atoms with Crippen molar-refractivity contribution in [1.29, 1.82) is 0 Å². The monoisotopic (exact) mass is 230 g/mol. The molecule has 15 heavy (non-hydrogen) atoms. The minimum absolute atomic E-state index is 0.0339. The van der Waals surface area contributed by atoms with Gasteiger partial charge >= 0.3 is 5.97 Å². The summed E-state index contributed by atoms with van der Waals surface area (Å²) >= 11 is 1.87. The molecular formula is C10H18N2O2S. The van der Waals surface area contributed by atoms with E-state index in [9.17, 15) is 4.79 Å². The predicted molar refractivity (Wildman–Crippen MR) is 61.1 cm³/mol. The smallest absolute Gasteiger partial charge is 0.320 e. The molecule has 3 unspecified atom stereocenters. The number of piperidine rings is 1. The van der Waals surface area contributed by atoms with Crippen LogP contribution >= 0.6 is 11.8 Å². The fourth-order valence-electron chi connectivity index (χ4n) is 2.21. The van der Waals surface area contributed by atoms with E-state index in [2.05, 4.69) is 17.6 Å². The number of carboxylic acids is 1. The minimum atomic E-state index is -0.715. The summed E-state index contributed by atoms with van der Waals surface area (Å²) in [4.78, 5) is 10.9. The first kappa shape index (κ1) is 11.2. The Hall–Kier alpha value is -0.260. The molecule has 4 nitrogen and oxygen atoms in total. The maximum absolute atomic E-state index is 11.0. The Labute approximate surface area is 94.2 Å². The molecule has 2 rings (SSSR count). The lowest BCUT2D eigenvalue weighted by Crippen LogP contribution is -2.62. The van der Waals surface area contributed by atoms with Crippen molar-refractivity contribution in [2.75, 3.05) is 12.3 Å². The summed E-state index contributed by atoms with van der Waals surface area (Å²) < 4.78 is 0. The van der Waals surface area contributed by atoms with Gasteiger partial charge in [0, 0.05) is 12.6 Å². The lowest BCUT2D eigenvalue weighted by molar-refractivity contribution is -0.140. The summed E-state index contributed by atoms with van der Waals surface area (Å²) in [5, 5.41) is 15.7. The van der Waals surface area contributed by atoms with Crippen LogP contribution in [-0.2, 0) is 4.79 Å². The van der Waals surface area contributed by atoms with Crippen molar-refractivity contribution < 1.29 is 9.90 Å². The molecule has 0 aromatic heterocycles. The Morgan fingerprint density at radius 1 is 1.53 bits per heavy atom. The van der Waals surface area contributed by atoms with Gasteiger partial charge in [-0.15, -0.1) is 11.8 Å². The molecule has 0 aromatic carbocycles. The van der Waals surface area contributed by atoms with Crippen molar-refractivity contribution in [3.63, 3.8) is 0 Å². The molecule has 1 spiro atoms. The van der Waals surface area contributed by atoms with Crippen LogP contribution in [0.5, 0.6) is 0 Å². The van der Waals surface area contributed by atoms with E-state index in [4.69, 9.17) is 5.11 Å². The second-order valence-corrected chi connectivity index (χ2v) is 5.97. The standard InChI is InChI=1S/C10H18N2O2S/c1-7-2-4-10(6-11-7)12-8(9(13)14)3-5-15-10/h7-8,11-12H,2-6H2,1H3,(H,13,14). The normalized spacial score (nSPS) is 41.7. The van der Waals surface area contributed by atoms with Crippen LogP contribution in [0.4, 0.5) is 0 Å². The van der Waals surface area contributed by atoms with E-state index in [1.165, 1.54) is 0 Å². The molecule has 0 bridgehead atoms. The molecule has 86 valence electrons. The van der Waals surface area contributed by atoms with Gasteiger partial charge in [-0.05, 0) is 31.9 Å². The van der Waals surface area contributed by atoms with Crippen LogP contribution in [-0.4, -0.2) is 40.3 Å². The highest BCUT2D eigenvalue weighted by Gasteiger charge is 2.40. The van der Waals surface area contributed by atoms with Gasteiger partial charge in [0.25, 0.3) is 0 Å². The van der Waals surface area contributed by atoms with E-state index in [0.29, 0.717) is 6.04 Å². The van der Waals surface area contributed by atoms with Crippen LogP contribution in [0.25, 0.3) is 0 Å². The van der Waals surface area contributed by atoms with Crippen LogP contribution in [0.3, 0.4) is 0 Å². The van der Waals surface area contributed by atoms with Gasteiger partial charge in [0.1, 0.15) is 6.04 Å². The predicted octanol–water partition coefficient (Wildman–Crippen LogP) is 0.634. The third-order valence-electron chi connectivity index (χ3n) is 3.24. The van der Waals surface area contributed by atoms with Crippen molar-refractivity contribution in [3.05, 3.63) is 0 Å². The SMILES string of the molecule is CC1CCC2(CN1)NC(C(=O)O)CCS2. The zero-order valence-electron chi connectivity index (χ0n) is 8.95. The van der Waals surface area contributed by atoms with Gasteiger partial charge in [0.2, 0.25) is 0 Å². The molecule has 2 aliphatic heterocycles. The zero-order valence-corrected chi connectivity index (χ0v) is 9.77. The molecule has 0 aliphatic carbocycles. The first-order chi connectivity index (χ1) is 7.11. The third kappa shape index (κ3) is 2.46. The van der Waals surface area contributed by atoms with Gasteiger partial charge in [0.05, 0.1) is 4.87 Å². The van der Waals surface area contributed by atoms with Crippen molar-refractivity contribution in [2.24, 2.45) is 0 Å². The Balaban J connectivity index is 1.99. The van der Waals surface area contributed by atoms with Gasteiger partial charge in [-0.2, -0.15) is 0 Å². The fourth-order valence-corrected chi connectivity index (χ4v) is 3.63. The van der Waals surface area contributed by atoms with E-state index >= 15 is 0 Å². The molecule has 2 fully saturated rings. The Kier molecular flexibility index (Phi) is 3.23. The molecule has 0 saturated carbocycles. The molecule has 2 heterocycles. The van der Waals surface area contributed by atoms with E-state index in [0.717, 1.165) is 31.6 Å². The van der Waals surface area contributed by atoms with Crippen molar-refractivity contribution in [2.45, 2.75) is 43.1 Å². The summed E-state index contributed by atoms with van der Waals surface area (Å²) in [7, 11) is 0. The highest BCUT2D eigenvalue weighted by Crippen LogP contribution is 2.35. The fraction of sp³-hybridized carbons (Fsp3) is 0.900. The summed E-state index contributed by atoms with van der Waals surface area (Å²) in [6.45, 7) is 3.05. The summed E-state index contributed by atoms with van der Waals surface area (Å²) in [6.07, 6.45) is 2.92. The number of nitrogens with one attached hydrogen (secondary N) is 2. The maximum Gasteiger partial charge on any atom is 0.320 e. The molecule has 0 aromatic rings. The first-order valence-corrected chi connectivity index (χ1v) is 6.48. The van der Waals surface area contributed by atoms with Crippen LogP contribution in [0.15, 0.2) is 0 Å². The molecule has 0 radical (unpaired) electrons. The van der Waals surface area contributed by atoms with Gasteiger partial charge in [-0.3, -0.25) is 10.1 Å². The topological polar surface area (TPSA) is 61.4 Å². The number of hydrogen-bond donors (Lipinski definition) is 3. The average molecular weight is 230 g/mol. The summed E-state index contributed by atoms with van der Waals surface area (Å²) in [6, 6.07) is 0.199. The second kappa shape index (κ2) is 4.31. The van der Waals surface area contributed by atoms with E-state index in [1.54, 1.807) is 0 Å². The summed E-state index contributed by atoms with van der Waals surface area (Å²) in [5.41, 5.74) is 0. The van der Waals surface area contributed by atoms with Crippen molar-refractivity contribution in [3.8, 4) is 0 Å².